The summed E-state index contributed by atoms with van der Waals surface area (Å²) in [6.07, 6.45) is 0. The first-order valence-corrected chi connectivity index (χ1v) is 9.20. The number of benzene rings is 1. The predicted molar refractivity (Wildman–Crippen MR) is 107 cm³/mol. The molecule has 2 aromatic heterocycles. The van der Waals surface area contributed by atoms with E-state index in [2.05, 4.69) is 36.1 Å². The van der Waals surface area contributed by atoms with Gasteiger partial charge in [0.05, 0.1) is 0 Å². The Morgan fingerprint density at radius 3 is 2.43 bits per heavy atom. The van der Waals surface area contributed by atoms with Crippen LogP contribution in [0, 0.1) is 6.92 Å². The number of H-pyrrole nitrogens is 1. The van der Waals surface area contributed by atoms with E-state index in [1.54, 1.807) is 25.2 Å². The first kappa shape index (κ1) is 19.4. The van der Waals surface area contributed by atoms with Gasteiger partial charge in [-0.1, -0.05) is 0 Å². The monoisotopic (exact) mass is 397 g/mol. The number of nitrogens with zero attached hydrogens (tertiary/aromatic N) is 3. The van der Waals surface area contributed by atoms with Gasteiger partial charge in [0, 0.05) is 42.4 Å². The summed E-state index contributed by atoms with van der Waals surface area (Å²) in [5.74, 6) is 0.602. The van der Waals surface area contributed by atoms with Crippen molar-refractivity contribution in [2.24, 2.45) is 0 Å². The summed E-state index contributed by atoms with van der Waals surface area (Å²) >= 11 is 1.30. The van der Waals surface area contributed by atoms with E-state index in [9.17, 15) is 9.59 Å². The summed E-state index contributed by atoms with van der Waals surface area (Å²) in [6.45, 7) is 3.34. The van der Waals surface area contributed by atoms with E-state index in [4.69, 9.17) is 0 Å². The molecule has 3 aromatic rings. The number of nitrogens with one attached hydrogen (secondary N) is 4. The molecule has 0 atom stereocenters. The van der Waals surface area contributed by atoms with Crippen LogP contribution < -0.4 is 16.0 Å². The second-order valence-electron chi connectivity index (χ2n) is 5.87. The van der Waals surface area contributed by atoms with Crippen LogP contribution >= 0.6 is 11.8 Å². The lowest BCUT2D eigenvalue weighted by Crippen LogP contribution is -2.20. The van der Waals surface area contributed by atoms with Crippen molar-refractivity contribution in [2.45, 2.75) is 23.9 Å². The molecule has 2 heterocycles. The van der Waals surface area contributed by atoms with Crippen LogP contribution in [0.2, 0.25) is 0 Å². The maximum absolute atomic E-state index is 12.1. The van der Waals surface area contributed by atoms with Crippen LogP contribution in [0.1, 0.15) is 23.1 Å². The highest BCUT2D eigenvalue weighted by atomic mass is 32.2. The first-order valence-electron chi connectivity index (χ1n) is 8.38. The van der Waals surface area contributed by atoms with Gasteiger partial charge in [0.15, 0.2) is 11.0 Å². The van der Waals surface area contributed by atoms with Gasteiger partial charge in [0.1, 0.15) is 11.5 Å². The first-order chi connectivity index (χ1) is 13.4. The molecular formula is C18H19N7O2S. The topological polar surface area (TPSA) is 125 Å². The molecule has 28 heavy (non-hydrogen) atoms. The maximum atomic E-state index is 12.1. The Hall–Kier alpha value is -3.40. The Morgan fingerprint density at radius 2 is 1.82 bits per heavy atom. The third-order valence-electron chi connectivity index (χ3n) is 3.51. The smallest absolute Gasteiger partial charge is 0.269 e. The largest absolute Gasteiger partial charge is 0.354 e. The van der Waals surface area contributed by atoms with Crippen LogP contribution in [0.25, 0.3) is 0 Å². The van der Waals surface area contributed by atoms with Gasteiger partial charge in [0.2, 0.25) is 5.91 Å². The van der Waals surface area contributed by atoms with Crippen LogP contribution in [-0.2, 0) is 4.79 Å². The Morgan fingerprint density at radius 1 is 1.07 bits per heavy atom. The highest BCUT2D eigenvalue weighted by molar-refractivity contribution is 7.99. The number of aryl methyl sites for hydroxylation is 1. The zero-order valence-electron chi connectivity index (χ0n) is 15.5. The molecule has 0 aliphatic carbocycles. The zero-order chi connectivity index (χ0) is 20.1. The third-order valence-corrected chi connectivity index (χ3v) is 4.38. The Labute approximate surface area is 165 Å². The van der Waals surface area contributed by atoms with E-state index in [1.807, 2.05) is 25.1 Å². The zero-order valence-corrected chi connectivity index (χ0v) is 16.3. The molecule has 0 saturated heterocycles. The van der Waals surface area contributed by atoms with E-state index in [0.717, 1.165) is 10.6 Å². The van der Waals surface area contributed by atoms with Crippen molar-refractivity contribution in [3.8, 4) is 0 Å². The number of aromatic amines is 1. The molecule has 0 spiro atoms. The summed E-state index contributed by atoms with van der Waals surface area (Å²) in [5.41, 5.74) is 1.84. The molecule has 144 valence electrons. The van der Waals surface area contributed by atoms with Gasteiger partial charge in [-0.3, -0.25) is 14.7 Å². The van der Waals surface area contributed by atoms with E-state index in [-0.39, 0.29) is 17.5 Å². The summed E-state index contributed by atoms with van der Waals surface area (Å²) in [5, 5.41) is 15.7. The number of amides is 2. The fourth-order valence-corrected chi connectivity index (χ4v) is 3.08. The van der Waals surface area contributed by atoms with Crippen LogP contribution in [0.4, 0.5) is 17.3 Å². The Bertz CT molecular complexity index is 1000. The van der Waals surface area contributed by atoms with E-state index in [0.29, 0.717) is 22.5 Å². The molecule has 0 bridgehead atoms. The van der Waals surface area contributed by atoms with Crippen molar-refractivity contribution >= 4 is 40.9 Å². The molecule has 0 aliphatic heterocycles. The number of carbonyl (C=O) groups excluding carboxylic acids is 2. The Balaban J connectivity index is 1.85. The highest BCUT2D eigenvalue weighted by Crippen LogP contribution is 2.27. The number of hydrogen-bond donors (Lipinski definition) is 4. The highest BCUT2D eigenvalue weighted by Gasteiger charge is 2.13. The maximum Gasteiger partial charge on any atom is 0.269 e. The molecule has 9 nitrogen and oxygen atoms in total. The van der Waals surface area contributed by atoms with Gasteiger partial charge < -0.3 is 16.0 Å². The van der Waals surface area contributed by atoms with E-state index >= 15 is 0 Å². The molecule has 0 saturated carbocycles. The molecule has 0 fully saturated rings. The lowest BCUT2D eigenvalue weighted by atomic mass is 10.3. The van der Waals surface area contributed by atoms with Crippen molar-refractivity contribution in [3.05, 3.63) is 47.8 Å². The molecule has 2 amide bonds. The summed E-state index contributed by atoms with van der Waals surface area (Å²) in [7, 11) is 1.54. The minimum absolute atomic E-state index is 0.133. The van der Waals surface area contributed by atoms with E-state index < -0.39 is 0 Å². The third kappa shape index (κ3) is 5.07. The number of hydrogen-bond acceptors (Lipinski definition) is 7. The second-order valence-corrected chi connectivity index (χ2v) is 6.91. The minimum Gasteiger partial charge on any atom is -0.354 e. The molecule has 0 unspecified atom stereocenters. The summed E-state index contributed by atoms with van der Waals surface area (Å²) in [6, 6.07) is 10.7. The average molecular weight is 397 g/mol. The fraction of sp³-hybridized carbons (Fsp3) is 0.167. The molecule has 0 radical (unpaired) electrons. The lowest BCUT2D eigenvalue weighted by Gasteiger charge is -2.08. The van der Waals surface area contributed by atoms with Crippen molar-refractivity contribution in [1.29, 1.82) is 0 Å². The lowest BCUT2D eigenvalue weighted by molar-refractivity contribution is -0.114. The van der Waals surface area contributed by atoms with Crippen molar-refractivity contribution in [3.63, 3.8) is 0 Å². The van der Waals surface area contributed by atoms with Crippen LogP contribution in [0.15, 0.2) is 46.5 Å². The van der Waals surface area contributed by atoms with Crippen LogP contribution in [0.5, 0.6) is 0 Å². The van der Waals surface area contributed by atoms with Gasteiger partial charge in [-0.2, -0.15) is 5.10 Å². The number of anilines is 3. The predicted octanol–water partition coefficient (Wildman–Crippen LogP) is 2.72. The number of rotatable bonds is 6. The summed E-state index contributed by atoms with van der Waals surface area (Å²) in [4.78, 5) is 32.8. The molecule has 4 N–H and O–H groups in total. The molecular weight excluding hydrogens is 378 g/mol. The minimum atomic E-state index is -0.313. The molecule has 0 aliphatic rings. The molecule has 10 heteroatoms. The van der Waals surface area contributed by atoms with Gasteiger partial charge in [-0.05, 0) is 43.0 Å². The number of carbonyl (C=O) groups is 2. The quantitative estimate of drug-likeness (QED) is 0.471. The molecule has 1 aromatic carbocycles. The molecule has 3 rings (SSSR count). The van der Waals surface area contributed by atoms with Crippen molar-refractivity contribution < 1.29 is 9.59 Å². The average Bonchev–Trinajstić information content (AvgIpc) is 3.06. The SMILES string of the molecule is CNC(=O)c1cc(Nc2cc(C)[nH]n2)nc(Sc2ccc(NC(C)=O)cc2)n1. The normalized spacial score (nSPS) is 10.4. The van der Waals surface area contributed by atoms with Gasteiger partial charge in [-0.25, -0.2) is 9.97 Å². The van der Waals surface area contributed by atoms with E-state index in [1.165, 1.54) is 18.7 Å². The number of aromatic nitrogens is 4. The Kier molecular flexibility index (Phi) is 5.90. The standard InChI is InChI=1S/C18H19N7O2S/c1-10-8-16(25-24-10)22-15-9-14(17(27)19-3)21-18(23-15)28-13-6-4-12(5-7-13)20-11(2)26/h4-9H,1-3H3,(H,19,27)(H,20,26)(H2,21,22,23,24,25). The van der Waals surface area contributed by atoms with Crippen LogP contribution in [0.3, 0.4) is 0 Å². The van der Waals surface area contributed by atoms with Gasteiger partial charge in [0.25, 0.3) is 5.91 Å². The van der Waals surface area contributed by atoms with Gasteiger partial charge in [-0.15, -0.1) is 0 Å². The van der Waals surface area contributed by atoms with Gasteiger partial charge >= 0.3 is 0 Å². The summed E-state index contributed by atoms with van der Waals surface area (Å²) < 4.78 is 0. The fourth-order valence-electron chi connectivity index (χ4n) is 2.31. The second kappa shape index (κ2) is 8.53. The van der Waals surface area contributed by atoms with Crippen LogP contribution in [-0.4, -0.2) is 39.0 Å². The van der Waals surface area contributed by atoms with Crippen molar-refractivity contribution in [2.75, 3.05) is 17.7 Å². The van der Waals surface area contributed by atoms with Crippen molar-refractivity contribution in [1.82, 2.24) is 25.5 Å².